The molecule has 114 valence electrons. The summed E-state index contributed by atoms with van der Waals surface area (Å²) in [7, 11) is 5.41. The minimum atomic E-state index is -0.210. The summed E-state index contributed by atoms with van der Waals surface area (Å²) in [5.74, 6) is -0.400. The second kappa shape index (κ2) is 6.76. The minimum Gasteiger partial charge on any atom is -0.378 e. The highest BCUT2D eigenvalue weighted by atomic mass is 16.2. The van der Waals surface area contributed by atoms with Crippen LogP contribution in [-0.4, -0.2) is 33.0 Å². The number of benzene rings is 2. The lowest BCUT2D eigenvalue weighted by Crippen LogP contribution is -2.18. The molecule has 0 aliphatic rings. The normalized spacial score (nSPS) is 9.95. The van der Waals surface area contributed by atoms with Crippen molar-refractivity contribution in [2.24, 2.45) is 0 Å². The molecule has 5 heteroatoms. The number of amides is 2. The quantitative estimate of drug-likeness (QED) is 0.910. The fraction of sp³-hybridized carbons (Fsp3) is 0.176. The van der Waals surface area contributed by atoms with Crippen LogP contribution >= 0.6 is 0 Å². The first-order valence-corrected chi connectivity index (χ1v) is 6.92. The van der Waals surface area contributed by atoms with Crippen molar-refractivity contribution in [2.75, 3.05) is 31.4 Å². The first kappa shape index (κ1) is 15.6. The first-order chi connectivity index (χ1) is 10.5. The van der Waals surface area contributed by atoms with Gasteiger partial charge < -0.3 is 15.5 Å². The predicted molar refractivity (Wildman–Crippen MR) is 88.6 cm³/mol. The number of nitrogens with zero attached hydrogens (tertiary/aromatic N) is 1. The largest absolute Gasteiger partial charge is 0.378 e. The average Bonchev–Trinajstić information content (AvgIpc) is 2.54. The molecule has 2 N–H and O–H groups in total. The van der Waals surface area contributed by atoms with Crippen LogP contribution in [-0.2, 0) is 0 Å². The van der Waals surface area contributed by atoms with Gasteiger partial charge in [-0.1, -0.05) is 12.1 Å². The molecule has 2 amide bonds. The second-order valence-corrected chi connectivity index (χ2v) is 5.06. The van der Waals surface area contributed by atoms with E-state index in [0.717, 1.165) is 5.69 Å². The van der Waals surface area contributed by atoms with Gasteiger partial charge in [0.2, 0.25) is 0 Å². The van der Waals surface area contributed by atoms with Crippen LogP contribution in [0.15, 0.2) is 48.5 Å². The van der Waals surface area contributed by atoms with E-state index in [9.17, 15) is 9.59 Å². The molecular formula is C17H19N3O2. The monoisotopic (exact) mass is 297 g/mol. The van der Waals surface area contributed by atoms with E-state index >= 15 is 0 Å². The zero-order valence-corrected chi connectivity index (χ0v) is 12.9. The maximum Gasteiger partial charge on any atom is 0.255 e. The molecule has 0 aromatic heterocycles. The van der Waals surface area contributed by atoms with Crippen molar-refractivity contribution in [2.45, 2.75) is 0 Å². The third-order valence-corrected chi connectivity index (χ3v) is 3.23. The van der Waals surface area contributed by atoms with Gasteiger partial charge in [-0.25, -0.2) is 0 Å². The SMILES string of the molecule is CNC(=O)c1cccc(NC(=O)c2cccc(N(C)C)c2)c1. The number of hydrogen-bond donors (Lipinski definition) is 2. The Labute approximate surface area is 129 Å². The van der Waals surface area contributed by atoms with Crippen LogP contribution in [0, 0.1) is 0 Å². The van der Waals surface area contributed by atoms with Gasteiger partial charge in [0.25, 0.3) is 11.8 Å². The lowest BCUT2D eigenvalue weighted by atomic mass is 10.1. The number of carbonyl (C=O) groups is 2. The van der Waals surface area contributed by atoms with Crippen LogP contribution in [0.4, 0.5) is 11.4 Å². The highest BCUT2D eigenvalue weighted by Gasteiger charge is 2.09. The van der Waals surface area contributed by atoms with Gasteiger partial charge in [0.05, 0.1) is 0 Å². The van der Waals surface area contributed by atoms with Crippen LogP contribution < -0.4 is 15.5 Å². The highest BCUT2D eigenvalue weighted by Crippen LogP contribution is 2.16. The van der Waals surface area contributed by atoms with Gasteiger partial charge in [0.1, 0.15) is 0 Å². The molecule has 2 rings (SSSR count). The molecule has 0 bridgehead atoms. The van der Waals surface area contributed by atoms with Crippen LogP contribution in [0.1, 0.15) is 20.7 Å². The van der Waals surface area contributed by atoms with Gasteiger partial charge in [-0.3, -0.25) is 9.59 Å². The van der Waals surface area contributed by atoms with E-state index in [-0.39, 0.29) is 11.8 Å². The van der Waals surface area contributed by atoms with Crippen molar-refractivity contribution in [3.63, 3.8) is 0 Å². The molecule has 2 aromatic carbocycles. The fourth-order valence-corrected chi connectivity index (χ4v) is 2.01. The van der Waals surface area contributed by atoms with E-state index < -0.39 is 0 Å². The number of carbonyl (C=O) groups excluding carboxylic acids is 2. The van der Waals surface area contributed by atoms with Crippen LogP contribution in [0.25, 0.3) is 0 Å². The molecule has 0 saturated heterocycles. The number of nitrogens with one attached hydrogen (secondary N) is 2. The molecule has 0 saturated carbocycles. The van der Waals surface area contributed by atoms with Crippen molar-refractivity contribution in [3.05, 3.63) is 59.7 Å². The summed E-state index contributed by atoms with van der Waals surface area (Å²) in [4.78, 5) is 25.9. The van der Waals surface area contributed by atoms with E-state index in [0.29, 0.717) is 16.8 Å². The summed E-state index contributed by atoms with van der Waals surface area (Å²) in [5.41, 5.74) is 2.60. The zero-order chi connectivity index (χ0) is 16.1. The van der Waals surface area contributed by atoms with E-state index in [1.165, 1.54) is 0 Å². The van der Waals surface area contributed by atoms with Crippen molar-refractivity contribution in [1.82, 2.24) is 5.32 Å². The Morgan fingerprint density at radius 3 is 2.18 bits per heavy atom. The van der Waals surface area contributed by atoms with E-state index in [1.54, 1.807) is 37.4 Å². The molecule has 0 aliphatic carbocycles. The van der Waals surface area contributed by atoms with Gasteiger partial charge in [-0.05, 0) is 36.4 Å². The molecule has 0 unspecified atom stereocenters. The fourth-order valence-electron chi connectivity index (χ4n) is 2.01. The number of hydrogen-bond acceptors (Lipinski definition) is 3. The van der Waals surface area contributed by atoms with Crippen LogP contribution in [0.3, 0.4) is 0 Å². The predicted octanol–water partition coefficient (Wildman–Crippen LogP) is 2.36. The van der Waals surface area contributed by atoms with Crippen LogP contribution in [0.2, 0.25) is 0 Å². The van der Waals surface area contributed by atoms with Crippen molar-refractivity contribution in [3.8, 4) is 0 Å². The summed E-state index contributed by atoms with van der Waals surface area (Å²) in [6, 6.07) is 14.2. The van der Waals surface area contributed by atoms with Gasteiger partial charge in [-0.15, -0.1) is 0 Å². The molecular weight excluding hydrogens is 278 g/mol. The molecule has 22 heavy (non-hydrogen) atoms. The Bertz CT molecular complexity index is 696. The average molecular weight is 297 g/mol. The van der Waals surface area contributed by atoms with E-state index in [1.807, 2.05) is 37.2 Å². The number of anilines is 2. The van der Waals surface area contributed by atoms with Gasteiger partial charge >= 0.3 is 0 Å². The Kier molecular flexibility index (Phi) is 4.78. The van der Waals surface area contributed by atoms with E-state index in [2.05, 4.69) is 10.6 Å². The van der Waals surface area contributed by atoms with E-state index in [4.69, 9.17) is 0 Å². The molecule has 0 radical (unpaired) electrons. The third kappa shape index (κ3) is 3.63. The molecule has 2 aromatic rings. The molecule has 0 spiro atoms. The Morgan fingerprint density at radius 2 is 1.55 bits per heavy atom. The van der Waals surface area contributed by atoms with Crippen molar-refractivity contribution < 1.29 is 9.59 Å². The molecule has 5 nitrogen and oxygen atoms in total. The maximum absolute atomic E-state index is 12.3. The minimum absolute atomic E-state index is 0.189. The summed E-state index contributed by atoms with van der Waals surface area (Å²) >= 11 is 0. The Hall–Kier alpha value is -2.82. The van der Waals surface area contributed by atoms with Crippen molar-refractivity contribution >= 4 is 23.2 Å². The zero-order valence-electron chi connectivity index (χ0n) is 12.9. The molecule has 0 fully saturated rings. The highest BCUT2D eigenvalue weighted by molar-refractivity contribution is 6.05. The summed E-state index contributed by atoms with van der Waals surface area (Å²) in [5, 5.41) is 5.36. The Balaban J connectivity index is 2.18. The topological polar surface area (TPSA) is 61.4 Å². The third-order valence-electron chi connectivity index (χ3n) is 3.23. The molecule has 0 heterocycles. The summed E-state index contributed by atoms with van der Waals surface area (Å²) in [6.45, 7) is 0. The molecule has 0 aliphatic heterocycles. The lowest BCUT2D eigenvalue weighted by molar-refractivity contribution is 0.0961. The standard InChI is InChI=1S/C17H19N3O2/c1-18-16(21)12-6-4-8-14(10-12)19-17(22)13-7-5-9-15(11-13)20(2)3/h4-11H,1-3H3,(H,18,21)(H,19,22). The first-order valence-electron chi connectivity index (χ1n) is 6.92. The van der Waals surface area contributed by atoms with Gasteiger partial charge in [0.15, 0.2) is 0 Å². The second-order valence-electron chi connectivity index (χ2n) is 5.06. The maximum atomic E-state index is 12.3. The van der Waals surface area contributed by atoms with Crippen molar-refractivity contribution in [1.29, 1.82) is 0 Å². The van der Waals surface area contributed by atoms with Gasteiger partial charge in [0, 0.05) is 43.6 Å². The Morgan fingerprint density at radius 1 is 0.909 bits per heavy atom. The smallest absolute Gasteiger partial charge is 0.255 e. The van der Waals surface area contributed by atoms with Crippen LogP contribution in [0.5, 0.6) is 0 Å². The number of rotatable bonds is 4. The van der Waals surface area contributed by atoms with Gasteiger partial charge in [-0.2, -0.15) is 0 Å². The molecule has 0 atom stereocenters. The summed E-state index contributed by atoms with van der Waals surface area (Å²) in [6.07, 6.45) is 0. The lowest BCUT2D eigenvalue weighted by Gasteiger charge is -2.13. The summed E-state index contributed by atoms with van der Waals surface area (Å²) < 4.78 is 0.